The normalized spacial score (nSPS) is 13.1. The van der Waals surface area contributed by atoms with Crippen LogP contribution in [0.1, 0.15) is 5.56 Å². The van der Waals surface area contributed by atoms with Gasteiger partial charge in [-0.15, -0.1) is 0 Å². The van der Waals surface area contributed by atoms with E-state index >= 15 is 0 Å². The van der Waals surface area contributed by atoms with Crippen molar-refractivity contribution >= 4 is 10.8 Å². The first-order valence-electron chi connectivity index (χ1n) is 6.43. The number of aromatic nitrogens is 3. The van der Waals surface area contributed by atoms with E-state index < -0.39 is 51.1 Å². The van der Waals surface area contributed by atoms with Crippen LogP contribution in [0, 0.1) is 12.7 Å². The second kappa shape index (κ2) is 6.30. The molecule has 1 N–H and O–H groups in total. The lowest BCUT2D eigenvalue weighted by Crippen LogP contribution is -2.31. The van der Waals surface area contributed by atoms with Gasteiger partial charge in [0.25, 0.3) is 5.56 Å². The highest BCUT2D eigenvalue weighted by atomic mass is 32.2. The highest BCUT2D eigenvalue weighted by Gasteiger charge is 2.32. The van der Waals surface area contributed by atoms with Gasteiger partial charge in [0.1, 0.15) is 11.6 Å². The minimum absolute atomic E-state index is 0.0417. The Labute approximate surface area is 134 Å². The number of hydrogen-bond donors (Lipinski definition) is 1. The molecule has 0 aliphatic carbocycles. The topological polar surface area (TPSA) is 84.8 Å². The highest BCUT2D eigenvalue weighted by Crippen LogP contribution is 2.27. The summed E-state index contributed by atoms with van der Waals surface area (Å²) in [5, 5.41) is 3.61. The fourth-order valence-corrected chi connectivity index (χ4v) is 3.08. The van der Waals surface area contributed by atoms with Crippen molar-refractivity contribution in [2.45, 2.75) is 18.0 Å². The molecule has 0 amide bonds. The molecule has 1 aromatic heterocycles. The molecule has 1 atom stereocenters. The Morgan fingerprint density at radius 1 is 1.29 bits per heavy atom. The second-order valence-electron chi connectivity index (χ2n) is 4.93. The summed E-state index contributed by atoms with van der Waals surface area (Å²) in [5.74, 6) is -2.53. The number of halogens is 4. The molecule has 1 aromatic carbocycles. The summed E-state index contributed by atoms with van der Waals surface area (Å²) in [4.78, 5) is 24.7. The molecule has 0 aliphatic heterocycles. The third-order valence-corrected chi connectivity index (χ3v) is 4.56. The first-order valence-corrected chi connectivity index (χ1v) is 7.75. The van der Waals surface area contributed by atoms with Crippen LogP contribution in [0.3, 0.4) is 0 Å². The Morgan fingerprint density at radius 3 is 2.50 bits per heavy atom. The minimum Gasteiger partial charge on any atom is -0.271 e. The van der Waals surface area contributed by atoms with Crippen molar-refractivity contribution in [1.29, 1.82) is 0 Å². The number of hydrogen-bond acceptors (Lipinski definition) is 4. The van der Waals surface area contributed by atoms with Crippen LogP contribution in [0.2, 0.25) is 0 Å². The van der Waals surface area contributed by atoms with Crippen LogP contribution in [0.25, 0.3) is 11.3 Å². The van der Waals surface area contributed by atoms with Gasteiger partial charge in [-0.2, -0.15) is 18.3 Å². The number of alkyl halides is 3. The molecule has 2 aromatic rings. The van der Waals surface area contributed by atoms with Gasteiger partial charge in [-0.3, -0.25) is 14.0 Å². The van der Waals surface area contributed by atoms with E-state index in [1.807, 2.05) is 4.98 Å². The van der Waals surface area contributed by atoms with Gasteiger partial charge in [-0.1, -0.05) is 0 Å². The lowest BCUT2D eigenvalue weighted by atomic mass is 10.1. The SMILES string of the molecule is Cc1cc(F)c(-c2nn(C)c(=O)[nH]c2=O)cc1S(=O)CC(F)(F)F. The maximum atomic E-state index is 14.1. The summed E-state index contributed by atoms with van der Waals surface area (Å²) < 4.78 is 64.0. The molecule has 1 heterocycles. The molecule has 130 valence electrons. The molecule has 0 bridgehead atoms. The smallest absolute Gasteiger partial charge is 0.271 e. The van der Waals surface area contributed by atoms with Crippen LogP contribution in [0.5, 0.6) is 0 Å². The van der Waals surface area contributed by atoms with Crippen LogP contribution < -0.4 is 11.2 Å². The predicted octanol–water partition coefficient (Wildman–Crippen LogP) is 1.25. The van der Waals surface area contributed by atoms with Gasteiger partial charge in [-0.25, -0.2) is 13.9 Å². The molecule has 11 heteroatoms. The van der Waals surface area contributed by atoms with Gasteiger partial charge < -0.3 is 0 Å². The molecular formula is C13H11F4N3O3S. The molecule has 0 aliphatic rings. The zero-order valence-electron chi connectivity index (χ0n) is 12.4. The van der Waals surface area contributed by atoms with Gasteiger partial charge in [-0.05, 0) is 24.6 Å². The monoisotopic (exact) mass is 365 g/mol. The van der Waals surface area contributed by atoms with E-state index in [4.69, 9.17) is 0 Å². The molecule has 0 fully saturated rings. The Kier molecular flexibility index (Phi) is 4.74. The van der Waals surface area contributed by atoms with E-state index in [2.05, 4.69) is 5.10 Å². The lowest BCUT2D eigenvalue weighted by molar-refractivity contribution is -0.105. The number of rotatable bonds is 3. The molecule has 0 radical (unpaired) electrons. The highest BCUT2D eigenvalue weighted by molar-refractivity contribution is 7.85. The van der Waals surface area contributed by atoms with E-state index in [0.29, 0.717) is 0 Å². The summed E-state index contributed by atoms with van der Waals surface area (Å²) in [7, 11) is -1.27. The van der Waals surface area contributed by atoms with Crippen molar-refractivity contribution in [2.75, 3.05) is 5.75 Å². The van der Waals surface area contributed by atoms with Crippen molar-refractivity contribution in [2.24, 2.45) is 7.05 Å². The third-order valence-electron chi connectivity index (χ3n) is 3.04. The molecule has 2 rings (SSSR count). The first-order chi connectivity index (χ1) is 11.0. The van der Waals surface area contributed by atoms with Crippen LogP contribution in [-0.2, 0) is 17.8 Å². The number of benzene rings is 1. The number of nitrogens with one attached hydrogen (secondary N) is 1. The number of nitrogens with zero attached hydrogens (tertiary/aromatic N) is 2. The van der Waals surface area contributed by atoms with E-state index in [9.17, 15) is 31.4 Å². The summed E-state index contributed by atoms with van der Waals surface area (Å²) in [6.07, 6.45) is -4.67. The second-order valence-corrected chi connectivity index (χ2v) is 6.35. The molecule has 24 heavy (non-hydrogen) atoms. The third kappa shape index (κ3) is 3.78. The van der Waals surface area contributed by atoms with Crippen LogP contribution in [0.15, 0.2) is 26.6 Å². The van der Waals surface area contributed by atoms with Crippen LogP contribution in [0.4, 0.5) is 17.6 Å². The first kappa shape index (κ1) is 18.0. The van der Waals surface area contributed by atoms with E-state index in [-0.39, 0.29) is 10.5 Å². The van der Waals surface area contributed by atoms with Crippen LogP contribution >= 0.6 is 0 Å². The summed E-state index contributed by atoms with van der Waals surface area (Å²) >= 11 is 0. The molecule has 0 saturated heterocycles. The van der Waals surface area contributed by atoms with Crippen molar-refractivity contribution in [3.8, 4) is 11.3 Å². The van der Waals surface area contributed by atoms with Crippen molar-refractivity contribution in [3.05, 3.63) is 44.4 Å². The van der Waals surface area contributed by atoms with E-state index in [1.165, 1.54) is 14.0 Å². The average molecular weight is 365 g/mol. The Balaban J connectivity index is 2.63. The molecule has 6 nitrogen and oxygen atoms in total. The fourth-order valence-electron chi connectivity index (χ4n) is 1.96. The van der Waals surface area contributed by atoms with Crippen molar-refractivity contribution in [3.63, 3.8) is 0 Å². The largest absolute Gasteiger partial charge is 0.400 e. The van der Waals surface area contributed by atoms with E-state index in [1.54, 1.807) is 0 Å². The van der Waals surface area contributed by atoms with Gasteiger partial charge in [0.15, 0.2) is 5.69 Å². The fraction of sp³-hybridized carbons (Fsp3) is 0.308. The molecule has 0 spiro atoms. The van der Waals surface area contributed by atoms with Gasteiger partial charge in [0, 0.05) is 17.5 Å². The Bertz CT molecular complexity index is 934. The minimum atomic E-state index is -4.67. The predicted molar refractivity (Wildman–Crippen MR) is 77.6 cm³/mol. The average Bonchev–Trinajstić information content (AvgIpc) is 2.41. The zero-order valence-corrected chi connectivity index (χ0v) is 13.2. The van der Waals surface area contributed by atoms with Crippen LogP contribution in [-0.4, -0.2) is 30.9 Å². The Hall–Kier alpha value is -2.30. The summed E-state index contributed by atoms with van der Waals surface area (Å²) in [5.41, 5.74) is -2.74. The molecule has 0 saturated carbocycles. The zero-order chi connectivity index (χ0) is 18.2. The Morgan fingerprint density at radius 2 is 1.92 bits per heavy atom. The summed E-state index contributed by atoms with van der Waals surface area (Å²) in [6, 6.07) is 1.75. The summed E-state index contributed by atoms with van der Waals surface area (Å²) in [6.45, 7) is 1.30. The van der Waals surface area contributed by atoms with Gasteiger partial charge >= 0.3 is 11.9 Å². The van der Waals surface area contributed by atoms with Crippen molar-refractivity contribution in [1.82, 2.24) is 14.8 Å². The number of aromatic amines is 1. The number of aryl methyl sites for hydroxylation is 2. The number of H-pyrrole nitrogens is 1. The molecular weight excluding hydrogens is 354 g/mol. The maximum Gasteiger partial charge on any atom is 0.400 e. The van der Waals surface area contributed by atoms with E-state index in [0.717, 1.165) is 16.8 Å². The van der Waals surface area contributed by atoms with Gasteiger partial charge in [0.2, 0.25) is 0 Å². The lowest BCUT2D eigenvalue weighted by Gasteiger charge is -2.11. The quantitative estimate of drug-likeness (QED) is 0.830. The standard InChI is InChI=1S/C13H11F4N3O3S/c1-6-3-8(14)7(4-9(6)24(23)5-13(15,16)17)10-11(21)18-12(22)20(2)19-10/h3-4H,5H2,1-2H3,(H,18,21,22). The maximum absolute atomic E-state index is 14.1. The van der Waals surface area contributed by atoms with Crippen molar-refractivity contribution < 1.29 is 21.8 Å². The molecule has 1 unspecified atom stereocenters. The van der Waals surface area contributed by atoms with Gasteiger partial charge in [0.05, 0.1) is 10.8 Å².